The highest BCUT2D eigenvalue weighted by atomic mass is 32.2. The zero-order valence-corrected chi connectivity index (χ0v) is 8.94. The predicted octanol–water partition coefficient (Wildman–Crippen LogP) is -0.682. The van der Waals surface area contributed by atoms with E-state index in [-0.39, 0.29) is 5.69 Å². The Morgan fingerprint density at radius 1 is 1.27 bits per heavy atom. The van der Waals surface area contributed by atoms with Gasteiger partial charge < -0.3 is 15.5 Å². The molecule has 0 aromatic heterocycles. The molecule has 0 fully saturated rings. The maximum atomic E-state index is 10.9. The van der Waals surface area contributed by atoms with E-state index in [1.54, 1.807) is 0 Å². The average Bonchev–Trinajstić information content (AvgIpc) is 2.00. The van der Waals surface area contributed by atoms with Gasteiger partial charge in [0.25, 0.3) is 10.1 Å². The highest BCUT2D eigenvalue weighted by molar-refractivity contribution is 7.86. The van der Waals surface area contributed by atoms with E-state index in [0.29, 0.717) is 0 Å². The second kappa shape index (κ2) is 3.58. The Kier molecular flexibility index (Phi) is 2.90. The number of nitrogen functional groups attached to an aromatic ring is 1. The smallest absolute Gasteiger partial charge is 0.357 e. The third kappa shape index (κ3) is 2.77. The molecule has 0 bridgehead atoms. The summed E-state index contributed by atoms with van der Waals surface area (Å²) in [6.07, 6.45) is 0. The van der Waals surface area contributed by atoms with E-state index in [0.717, 1.165) is 18.2 Å². The number of anilines is 1. The molecule has 1 rings (SSSR count). The molecule has 0 saturated heterocycles. The van der Waals surface area contributed by atoms with Crippen LogP contribution in [0.1, 0.15) is 0 Å². The number of hydrogen-bond donors (Lipinski definition) is 4. The van der Waals surface area contributed by atoms with Crippen LogP contribution in [0.4, 0.5) is 5.69 Å². The van der Waals surface area contributed by atoms with Gasteiger partial charge in [-0.3, -0.25) is 9.12 Å². The molecule has 0 spiro atoms. The van der Waals surface area contributed by atoms with Crippen molar-refractivity contribution >= 4 is 28.7 Å². The molecule has 5 N–H and O–H groups in total. The molecule has 9 heteroatoms. The van der Waals surface area contributed by atoms with Gasteiger partial charge in [-0.2, -0.15) is 8.42 Å². The van der Waals surface area contributed by atoms with E-state index in [2.05, 4.69) is 0 Å². The van der Waals surface area contributed by atoms with Crippen LogP contribution in [0, 0.1) is 0 Å². The van der Waals surface area contributed by atoms with Gasteiger partial charge >= 0.3 is 7.60 Å². The van der Waals surface area contributed by atoms with Crippen LogP contribution < -0.4 is 11.0 Å². The molecule has 0 atom stereocenters. The van der Waals surface area contributed by atoms with Crippen LogP contribution in [-0.2, 0) is 14.7 Å². The summed E-state index contributed by atoms with van der Waals surface area (Å²) < 4.78 is 41.2. The Morgan fingerprint density at radius 2 is 1.80 bits per heavy atom. The Balaban J connectivity index is 3.63. The first-order valence-electron chi connectivity index (χ1n) is 3.55. The van der Waals surface area contributed by atoms with Gasteiger partial charge in [0, 0.05) is 5.69 Å². The molecule has 0 aliphatic carbocycles. The van der Waals surface area contributed by atoms with Crippen molar-refractivity contribution in [3.63, 3.8) is 0 Å². The molecule has 0 aliphatic heterocycles. The lowest BCUT2D eigenvalue weighted by Gasteiger charge is -2.09. The summed E-state index contributed by atoms with van der Waals surface area (Å²) in [7, 11) is -9.48. The molecule has 0 saturated carbocycles. The first kappa shape index (κ1) is 12.2. The summed E-state index contributed by atoms with van der Waals surface area (Å²) in [6, 6.07) is 2.76. The Morgan fingerprint density at radius 3 is 2.20 bits per heavy atom. The van der Waals surface area contributed by atoms with Crippen molar-refractivity contribution in [3.8, 4) is 0 Å². The van der Waals surface area contributed by atoms with Gasteiger partial charge in [0.2, 0.25) is 0 Å². The summed E-state index contributed by atoms with van der Waals surface area (Å²) in [5.41, 5.74) is 5.23. The maximum Gasteiger partial charge on any atom is 0.357 e. The Labute approximate surface area is 85.5 Å². The normalized spacial score (nSPS) is 12.7. The van der Waals surface area contributed by atoms with Crippen molar-refractivity contribution in [2.24, 2.45) is 0 Å². The third-order valence-corrected chi connectivity index (χ3v) is 3.64. The standard InChI is InChI=1S/C6H8NO6PS/c7-4-1-2-6(15(11,12)13)5(3-4)14(8,9)10/h1-3H,7H2,(H2,8,9,10)(H,11,12,13). The second-order valence-electron chi connectivity index (χ2n) is 2.75. The van der Waals surface area contributed by atoms with Gasteiger partial charge in [-0.05, 0) is 18.2 Å². The van der Waals surface area contributed by atoms with Crippen LogP contribution in [0.5, 0.6) is 0 Å². The topological polar surface area (TPSA) is 138 Å². The van der Waals surface area contributed by atoms with Gasteiger partial charge in [0.05, 0.1) is 5.30 Å². The van der Waals surface area contributed by atoms with Crippen LogP contribution in [0.3, 0.4) is 0 Å². The van der Waals surface area contributed by atoms with Crippen molar-refractivity contribution < 1.29 is 27.3 Å². The molecule has 0 aliphatic rings. The van der Waals surface area contributed by atoms with Gasteiger partial charge in [0.15, 0.2) is 0 Å². The maximum absolute atomic E-state index is 10.9. The molecule has 1 aromatic carbocycles. The fourth-order valence-electron chi connectivity index (χ4n) is 0.980. The molecular formula is C6H8NO6PS. The highest BCUT2D eigenvalue weighted by Gasteiger charge is 2.27. The summed E-state index contributed by atoms with van der Waals surface area (Å²) in [5.74, 6) is 0. The zero-order valence-electron chi connectivity index (χ0n) is 7.23. The molecule has 84 valence electrons. The molecule has 7 nitrogen and oxygen atoms in total. The van der Waals surface area contributed by atoms with Crippen LogP contribution in [0.2, 0.25) is 0 Å². The zero-order chi connectivity index (χ0) is 11.9. The van der Waals surface area contributed by atoms with Gasteiger partial charge in [-0.1, -0.05) is 0 Å². The van der Waals surface area contributed by atoms with Crippen LogP contribution in [-0.4, -0.2) is 22.8 Å². The largest absolute Gasteiger partial charge is 0.399 e. The SMILES string of the molecule is Nc1ccc(S(=O)(=O)O)c(P(=O)(O)O)c1. The summed E-state index contributed by atoms with van der Waals surface area (Å²) >= 11 is 0. The molecule has 0 heterocycles. The summed E-state index contributed by atoms with van der Waals surface area (Å²) in [6.45, 7) is 0. The van der Waals surface area contributed by atoms with Gasteiger partial charge in [-0.25, -0.2) is 0 Å². The van der Waals surface area contributed by atoms with Crippen LogP contribution >= 0.6 is 7.60 Å². The van der Waals surface area contributed by atoms with Crippen molar-refractivity contribution in [1.82, 2.24) is 0 Å². The lowest BCUT2D eigenvalue weighted by Crippen LogP contribution is -2.16. The number of rotatable bonds is 2. The molecule has 15 heavy (non-hydrogen) atoms. The van der Waals surface area contributed by atoms with E-state index in [1.165, 1.54) is 0 Å². The van der Waals surface area contributed by atoms with Crippen molar-refractivity contribution in [1.29, 1.82) is 0 Å². The number of benzene rings is 1. The molecule has 0 unspecified atom stereocenters. The first-order valence-corrected chi connectivity index (χ1v) is 6.61. The lowest BCUT2D eigenvalue weighted by atomic mass is 10.3. The molecular weight excluding hydrogens is 245 g/mol. The quantitative estimate of drug-likeness (QED) is 0.311. The van der Waals surface area contributed by atoms with E-state index in [4.69, 9.17) is 20.1 Å². The highest BCUT2D eigenvalue weighted by Crippen LogP contribution is 2.36. The van der Waals surface area contributed by atoms with Crippen molar-refractivity contribution in [2.45, 2.75) is 4.90 Å². The van der Waals surface area contributed by atoms with Crippen LogP contribution in [0.25, 0.3) is 0 Å². The first-order chi connectivity index (χ1) is 6.62. The van der Waals surface area contributed by atoms with E-state index >= 15 is 0 Å². The van der Waals surface area contributed by atoms with Gasteiger partial charge in [-0.15, -0.1) is 0 Å². The summed E-state index contributed by atoms with van der Waals surface area (Å²) in [5, 5.41) is -0.815. The van der Waals surface area contributed by atoms with E-state index in [9.17, 15) is 13.0 Å². The van der Waals surface area contributed by atoms with Gasteiger partial charge in [0.1, 0.15) is 4.90 Å². The van der Waals surface area contributed by atoms with Crippen molar-refractivity contribution in [2.75, 3.05) is 5.73 Å². The second-order valence-corrected chi connectivity index (χ2v) is 5.71. The monoisotopic (exact) mass is 253 g/mol. The Bertz CT molecular complexity index is 533. The van der Waals surface area contributed by atoms with Crippen LogP contribution in [0.15, 0.2) is 23.1 Å². The number of nitrogens with two attached hydrogens (primary N) is 1. The number of hydrogen-bond acceptors (Lipinski definition) is 4. The minimum atomic E-state index is -4.80. The van der Waals surface area contributed by atoms with E-state index < -0.39 is 27.9 Å². The average molecular weight is 253 g/mol. The molecule has 0 amide bonds. The minimum absolute atomic E-state index is 0.0132. The summed E-state index contributed by atoms with van der Waals surface area (Å²) in [4.78, 5) is 16.8. The predicted molar refractivity (Wildman–Crippen MR) is 52.3 cm³/mol. The van der Waals surface area contributed by atoms with Crippen molar-refractivity contribution in [3.05, 3.63) is 18.2 Å². The lowest BCUT2D eigenvalue weighted by molar-refractivity contribution is 0.386. The molecule has 1 aromatic rings. The third-order valence-electron chi connectivity index (χ3n) is 1.57. The fourth-order valence-corrected chi connectivity index (χ4v) is 2.93. The molecule has 0 radical (unpaired) electrons. The fraction of sp³-hybridized carbons (Fsp3) is 0. The minimum Gasteiger partial charge on any atom is -0.399 e. The Hall–Kier alpha value is -0.920. The van der Waals surface area contributed by atoms with E-state index in [1.807, 2.05) is 0 Å².